The van der Waals surface area contributed by atoms with Crippen LogP contribution in [-0.2, 0) is 6.61 Å². The van der Waals surface area contributed by atoms with Crippen LogP contribution in [0.1, 0.15) is 27.2 Å². The molecule has 4 aromatic rings. The molecule has 2 aromatic carbocycles. The second-order valence-electron chi connectivity index (χ2n) is 7.57. The van der Waals surface area contributed by atoms with Gasteiger partial charge < -0.3 is 10.5 Å². The summed E-state index contributed by atoms with van der Waals surface area (Å²) in [5.41, 5.74) is 11.5. The van der Waals surface area contributed by atoms with Crippen molar-refractivity contribution in [2.45, 2.75) is 6.61 Å². The van der Waals surface area contributed by atoms with Gasteiger partial charge in [0.2, 0.25) is 0 Å². The lowest BCUT2D eigenvalue weighted by Gasteiger charge is -2.13. The summed E-state index contributed by atoms with van der Waals surface area (Å²) in [5, 5.41) is 0.898. The van der Waals surface area contributed by atoms with Crippen LogP contribution in [0, 0.1) is 0 Å². The number of aliphatic imine (C=N–C) groups is 1. The lowest BCUT2D eigenvalue weighted by Crippen LogP contribution is -2.19. The molecule has 0 radical (unpaired) electrons. The van der Waals surface area contributed by atoms with Crippen LogP contribution >= 0.6 is 11.9 Å². The first-order valence-corrected chi connectivity index (χ1v) is 12.1. The third-order valence-corrected chi connectivity index (χ3v) is 5.71. The molecule has 35 heavy (non-hydrogen) atoms. The second-order valence-corrected chi connectivity index (χ2v) is 8.19. The summed E-state index contributed by atoms with van der Waals surface area (Å²) in [7, 11) is 1.71. The summed E-state index contributed by atoms with van der Waals surface area (Å²) >= 11 is 1.24. The zero-order valence-corrected chi connectivity index (χ0v) is 20.3. The average Bonchev–Trinajstić information content (AvgIpc) is 2.90. The number of hydrogen-bond acceptors (Lipinski definition) is 7. The molecular formula is C27H25N5O2S. The molecule has 0 saturated carbocycles. The monoisotopic (exact) mass is 483 g/mol. The van der Waals surface area contributed by atoms with E-state index < -0.39 is 0 Å². The molecule has 2 heterocycles. The number of fused-ring (bicyclic) bond motifs is 1. The second kappa shape index (κ2) is 11.3. The number of amides is 1. The number of nitrogens with two attached hydrogens (primary N) is 1. The van der Waals surface area contributed by atoms with Gasteiger partial charge in [0.05, 0.1) is 16.8 Å². The Morgan fingerprint density at radius 3 is 2.54 bits per heavy atom. The number of nitrogens with zero attached hydrogens (tertiary/aromatic N) is 3. The Hall–Kier alpha value is -4.17. The van der Waals surface area contributed by atoms with Gasteiger partial charge in [0.15, 0.2) is 0 Å². The molecule has 2 aromatic heterocycles. The quantitative estimate of drug-likeness (QED) is 0.277. The minimum absolute atomic E-state index is 0.150. The summed E-state index contributed by atoms with van der Waals surface area (Å²) < 4.78 is 8.76. The number of ether oxygens (including phenoxy) is 1. The Kier molecular flexibility index (Phi) is 7.74. The summed E-state index contributed by atoms with van der Waals surface area (Å²) in [5.74, 6) is 0.436. The van der Waals surface area contributed by atoms with Gasteiger partial charge in [-0.1, -0.05) is 30.1 Å². The smallest absolute Gasteiger partial charge is 0.263 e. The molecule has 0 bridgehead atoms. The Morgan fingerprint density at radius 1 is 1.09 bits per heavy atom. The van der Waals surface area contributed by atoms with E-state index in [4.69, 9.17) is 10.5 Å². The molecule has 8 heteroatoms. The fraction of sp³-hybridized carbons (Fsp3) is 0.111. The van der Waals surface area contributed by atoms with Crippen molar-refractivity contribution in [1.82, 2.24) is 14.7 Å². The SMILES string of the molecule is CN=CC(=C(N)c1ccc(OCc2nc3ccccc3cc2C(=O)NSC)cc1)c1ccncc1. The first-order valence-electron chi connectivity index (χ1n) is 10.9. The Bertz CT molecular complexity index is 1390. The van der Waals surface area contributed by atoms with Gasteiger partial charge in [0.1, 0.15) is 12.4 Å². The van der Waals surface area contributed by atoms with E-state index in [-0.39, 0.29) is 12.5 Å². The third-order valence-electron chi connectivity index (χ3n) is 5.32. The van der Waals surface area contributed by atoms with Crippen LogP contribution in [0.4, 0.5) is 0 Å². The summed E-state index contributed by atoms with van der Waals surface area (Å²) in [6.45, 7) is 0.150. The van der Waals surface area contributed by atoms with E-state index >= 15 is 0 Å². The molecular weight excluding hydrogens is 458 g/mol. The maximum absolute atomic E-state index is 12.6. The summed E-state index contributed by atoms with van der Waals surface area (Å²) in [6, 6.07) is 20.8. The fourth-order valence-corrected chi connectivity index (χ4v) is 3.90. The molecule has 7 nitrogen and oxygen atoms in total. The van der Waals surface area contributed by atoms with Crippen molar-refractivity contribution in [3.63, 3.8) is 0 Å². The fourth-order valence-electron chi connectivity index (χ4n) is 3.61. The molecule has 0 unspecified atom stereocenters. The maximum Gasteiger partial charge on any atom is 0.263 e. The van der Waals surface area contributed by atoms with E-state index in [9.17, 15) is 4.79 Å². The number of allylic oxidation sites excluding steroid dienone is 1. The van der Waals surface area contributed by atoms with Crippen molar-refractivity contribution in [3.05, 3.63) is 102 Å². The molecule has 0 fully saturated rings. The average molecular weight is 484 g/mol. The molecule has 0 aliphatic rings. The summed E-state index contributed by atoms with van der Waals surface area (Å²) in [4.78, 5) is 25.5. The van der Waals surface area contributed by atoms with Gasteiger partial charge in [-0.3, -0.25) is 19.5 Å². The van der Waals surface area contributed by atoms with E-state index in [1.807, 2.05) is 66.7 Å². The van der Waals surface area contributed by atoms with Gasteiger partial charge in [0, 0.05) is 48.6 Å². The van der Waals surface area contributed by atoms with Crippen LogP contribution in [0.5, 0.6) is 5.75 Å². The Balaban J connectivity index is 1.58. The van der Waals surface area contributed by atoms with Crippen LogP contribution < -0.4 is 15.2 Å². The lowest BCUT2D eigenvalue weighted by atomic mass is 10.0. The van der Waals surface area contributed by atoms with Crippen molar-refractivity contribution in [3.8, 4) is 5.75 Å². The van der Waals surface area contributed by atoms with Crippen molar-refractivity contribution < 1.29 is 9.53 Å². The number of benzene rings is 2. The molecule has 0 aliphatic carbocycles. The third kappa shape index (κ3) is 5.67. The largest absolute Gasteiger partial charge is 0.487 e. The van der Waals surface area contributed by atoms with Crippen molar-refractivity contribution in [2.75, 3.05) is 13.3 Å². The van der Waals surface area contributed by atoms with Gasteiger partial charge in [-0.2, -0.15) is 0 Å². The highest BCUT2D eigenvalue weighted by Gasteiger charge is 2.15. The number of hydrogen-bond donors (Lipinski definition) is 2. The van der Waals surface area contributed by atoms with Crippen molar-refractivity contribution in [1.29, 1.82) is 0 Å². The van der Waals surface area contributed by atoms with Crippen molar-refractivity contribution in [2.24, 2.45) is 10.7 Å². The predicted octanol–water partition coefficient (Wildman–Crippen LogP) is 4.74. The highest BCUT2D eigenvalue weighted by molar-refractivity contribution is 7.97. The van der Waals surface area contributed by atoms with Gasteiger partial charge >= 0.3 is 0 Å². The first-order chi connectivity index (χ1) is 17.1. The highest BCUT2D eigenvalue weighted by atomic mass is 32.2. The summed E-state index contributed by atoms with van der Waals surface area (Å²) in [6.07, 6.45) is 6.98. The van der Waals surface area contributed by atoms with Crippen LogP contribution in [0.25, 0.3) is 22.2 Å². The molecule has 176 valence electrons. The van der Waals surface area contributed by atoms with Crippen LogP contribution in [-0.4, -0.2) is 35.4 Å². The van der Waals surface area contributed by atoms with Crippen LogP contribution in [0.15, 0.2) is 84.1 Å². The van der Waals surface area contributed by atoms with E-state index in [0.29, 0.717) is 22.7 Å². The number of rotatable bonds is 8. The first kappa shape index (κ1) is 24.0. The van der Waals surface area contributed by atoms with Gasteiger partial charge in [-0.05, 0) is 59.7 Å². The standard InChI is InChI=1S/C27H25N5O2S/c1-29-16-23(18-11-13-30-14-12-18)26(28)19-7-9-21(10-8-19)34-17-25-22(27(33)32-35-2)15-20-5-3-4-6-24(20)31-25/h3-16H,17,28H2,1-2H3,(H,32,33). The van der Waals surface area contributed by atoms with E-state index in [1.54, 1.807) is 31.9 Å². The highest BCUT2D eigenvalue weighted by Crippen LogP contribution is 2.24. The number of aromatic nitrogens is 2. The van der Waals surface area contributed by atoms with Crippen LogP contribution in [0.3, 0.4) is 0 Å². The van der Waals surface area contributed by atoms with E-state index in [1.165, 1.54) is 11.9 Å². The normalized spacial score (nSPS) is 11.9. The number of carbonyl (C=O) groups excluding carboxylic acids is 1. The van der Waals surface area contributed by atoms with E-state index in [2.05, 4.69) is 19.7 Å². The molecule has 1 amide bonds. The Morgan fingerprint density at radius 2 is 1.83 bits per heavy atom. The number of carbonyl (C=O) groups is 1. The minimum Gasteiger partial charge on any atom is -0.487 e. The molecule has 0 spiro atoms. The number of nitrogens with one attached hydrogen (secondary N) is 1. The molecule has 0 atom stereocenters. The van der Waals surface area contributed by atoms with Crippen LogP contribution in [0.2, 0.25) is 0 Å². The number of pyridine rings is 2. The maximum atomic E-state index is 12.6. The van der Waals surface area contributed by atoms with E-state index in [0.717, 1.165) is 27.6 Å². The zero-order chi connectivity index (χ0) is 24.6. The molecule has 3 N–H and O–H groups in total. The molecule has 4 rings (SSSR count). The topological polar surface area (TPSA) is 102 Å². The predicted molar refractivity (Wildman–Crippen MR) is 143 cm³/mol. The molecule has 0 aliphatic heterocycles. The van der Waals surface area contributed by atoms with Gasteiger partial charge in [-0.15, -0.1) is 0 Å². The minimum atomic E-state index is -0.205. The zero-order valence-electron chi connectivity index (χ0n) is 19.4. The Labute approximate surface area is 208 Å². The lowest BCUT2D eigenvalue weighted by molar-refractivity contribution is 0.0981. The number of para-hydroxylation sites is 1. The molecule has 0 saturated heterocycles. The van der Waals surface area contributed by atoms with Gasteiger partial charge in [-0.25, -0.2) is 4.98 Å². The van der Waals surface area contributed by atoms with Gasteiger partial charge in [0.25, 0.3) is 5.91 Å². The van der Waals surface area contributed by atoms with Crippen molar-refractivity contribution >= 4 is 46.2 Å².